The number of ether oxygens (including phenoxy) is 1. The Hall–Kier alpha value is -0.750. The lowest BCUT2D eigenvalue weighted by Gasteiger charge is -2.17. The maximum Gasteiger partial charge on any atom is 0.667 e. The summed E-state index contributed by atoms with van der Waals surface area (Å²) in [4.78, 5) is 77.4. The number of fused-ring (bicyclic) bond motifs is 1. The Morgan fingerprint density at radius 1 is 1.17 bits per heavy atom. The number of aliphatic hydroxyl groups is 1. The molecule has 1 aliphatic heterocycles. The van der Waals surface area contributed by atoms with Crippen molar-refractivity contribution in [3.63, 3.8) is 0 Å². The highest BCUT2D eigenvalue weighted by Gasteiger charge is 2.69. The minimum absolute atomic E-state index is 0.0271. The summed E-state index contributed by atoms with van der Waals surface area (Å²) in [6.07, 6.45) is 1.59. The number of thioether (sulfide) groups is 1. The first kappa shape index (κ1) is 29.8. The molecule has 2 aromatic heterocycles. The van der Waals surface area contributed by atoms with Gasteiger partial charge in [0.15, 0.2) is 22.1 Å². The third kappa shape index (κ3) is 8.12. The van der Waals surface area contributed by atoms with Gasteiger partial charge in [0, 0.05) is 12.2 Å². The van der Waals surface area contributed by atoms with Crippen LogP contribution in [-0.4, -0.2) is 83.4 Å². The number of rotatable bonds is 13. The summed E-state index contributed by atoms with van der Waals surface area (Å²) in [7, 11) is -15.5. The monoisotopic (exact) mass is 594 g/mol. The smallest absolute Gasteiger partial charge is 0.390 e. The fourth-order valence-electron chi connectivity index (χ4n) is 3.17. The lowest BCUT2D eigenvalue weighted by atomic mass is 10.2. The summed E-state index contributed by atoms with van der Waals surface area (Å²) >= 11 is 1.41. The third-order valence-corrected chi connectivity index (χ3v) is 9.54. The van der Waals surface area contributed by atoms with E-state index < -0.39 is 49.6 Å². The van der Waals surface area contributed by atoms with Gasteiger partial charge in [-0.2, -0.15) is 34.3 Å². The van der Waals surface area contributed by atoms with Gasteiger partial charge >= 0.3 is 24.5 Å². The van der Waals surface area contributed by atoms with Gasteiger partial charge in [0.1, 0.15) is 25.3 Å². The first-order valence-corrected chi connectivity index (χ1v) is 15.7. The van der Waals surface area contributed by atoms with Crippen molar-refractivity contribution in [1.29, 1.82) is 0 Å². The van der Waals surface area contributed by atoms with E-state index in [-0.39, 0.29) is 12.2 Å². The Kier molecular flexibility index (Phi) is 9.91. The van der Waals surface area contributed by atoms with Crippen molar-refractivity contribution >= 4 is 53.3 Å². The predicted octanol–water partition coefficient (Wildman–Crippen LogP) is 0.144. The standard InChI is InChI=1S/C15H27N5O12P3S/c1-2-3-4-5-36-15-19-12-13(16)17-8-18-14(12)20(15)11-6-9(21)10(30-11)7-29-34(25,26)32-35(27,28)31-33(22,23)24/h2,8-11,21-28H,1,3-7H2,(H2,16,17,18)/q+3. The van der Waals surface area contributed by atoms with Gasteiger partial charge in [-0.1, -0.05) is 17.8 Å². The van der Waals surface area contributed by atoms with Gasteiger partial charge in [0.25, 0.3) is 0 Å². The molecule has 0 spiro atoms. The van der Waals surface area contributed by atoms with Crippen molar-refractivity contribution in [3.05, 3.63) is 19.0 Å². The van der Waals surface area contributed by atoms with Crippen molar-refractivity contribution in [3.8, 4) is 0 Å². The largest absolute Gasteiger partial charge is 0.667 e. The van der Waals surface area contributed by atoms with Gasteiger partial charge in [-0.05, 0) is 12.8 Å². The lowest BCUT2D eigenvalue weighted by molar-refractivity contribution is -0.0477. The van der Waals surface area contributed by atoms with Crippen LogP contribution in [0.1, 0.15) is 25.5 Å². The molecule has 3 unspecified atom stereocenters. The quantitative estimate of drug-likeness (QED) is 0.0646. The Labute approximate surface area is 210 Å². The predicted molar refractivity (Wildman–Crippen MR) is 129 cm³/mol. The van der Waals surface area contributed by atoms with E-state index in [0.717, 1.165) is 12.8 Å². The van der Waals surface area contributed by atoms with E-state index in [4.69, 9.17) is 29.7 Å². The number of nitrogens with zero attached hydrogens (tertiary/aromatic N) is 4. The first-order valence-electron chi connectivity index (χ1n) is 10.1. The summed E-state index contributed by atoms with van der Waals surface area (Å²) in [6, 6.07) is 0. The molecule has 0 saturated carbocycles. The van der Waals surface area contributed by atoms with E-state index in [2.05, 4.69) is 30.2 Å². The topological polar surface area (TPSA) is 268 Å². The number of nitrogen functional groups attached to an aromatic ring is 1. The number of hydrogen-bond donors (Lipinski definition) is 9. The SMILES string of the molecule is C=CCCCSc1nc2c(N)ncnc2n1C1CC(O)C(CO[P+](O)(O)O[P+](O)(O)O[P+](O)(O)O)O1. The van der Waals surface area contributed by atoms with Crippen molar-refractivity contribution in [2.75, 3.05) is 18.1 Å². The van der Waals surface area contributed by atoms with Gasteiger partial charge < -0.3 is 15.6 Å². The summed E-state index contributed by atoms with van der Waals surface area (Å²) in [5.41, 5.74) is 6.63. The highest BCUT2D eigenvalue weighted by Crippen LogP contribution is 2.75. The summed E-state index contributed by atoms with van der Waals surface area (Å²) < 4.78 is 20.0. The lowest BCUT2D eigenvalue weighted by Crippen LogP contribution is -2.26. The van der Waals surface area contributed by atoms with Gasteiger partial charge in [0.2, 0.25) is 0 Å². The third-order valence-electron chi connectivity index (χ3n) is 4.58. The number of anilines is 1. The molecule has 36 heavy (non-hydrogen) atoms. The molecule has 1 saturated heterocycles. The molecule has 0 amide bonds. The van der Waals surface area contributed by atoms with Crippen LogP contribution in [0.4, 0.5) is 5.82 Å². The van der Waals surface area contributed by atoms with Gasteiger partial charge in [-0.25, -0.2) is 15.0 Å². The van der Waals surface area contributed by atoms with Crippen molar-refractivity contribution in [1.82, 2.24) is 19.5 Å². The Bertz CT molecular complexity index is 1060. The number of unbranched alkanes of at least 4 members (excludes halogenated alkanes) is 1. The molecule has 3 atom stereocenters. The fourth-order valence-corrected chi connectivity index (χ4v) is 7.33. The van der Waals surface area contributed by atoms with E-state index in [1.165, 1.54) is 18.1 Å². The van der Waals surface area contributed by atoms with E-state index >= 15 is 0 Å². The molecule has 3 heterocycles. The average molecular weight is 594 g/mol. The minimum atomic E-state index is -5.30. The average Bonchev–Trinajstić information content (AvgIpc) is 3.27. The van der Waals surface area contributed by atoms with Gasteiger partial charge in [0.05, 0.1) is 14.7 Å². The van der Waals surface area contributed by atoms with Crippen LogP contribution in [0.15, 0.2) is 24.1 Å². The molecule has 10 N–H and O–H groups in total. The number of aromatic nitrogens is 4. The zero-order chi connectivity index (χ0) is 26.7. The van der Waals surface area contributed by atoms with Crippen LogP contribution >= 0.6 is 36.3 Å². The number of aliphatic hydroxyl groups excluding tert-OH is 1. The Morgan fingerprint density at radius 2 is 1.89 bits per heavy atom. The van der Waals surface area contributed by atoms with Gasteiger partial charge in [-0.3, -0.25) is 4.57 Å². The number of nitrogens with two attached hydrogens (primary N) is 1. The molecule has 3 rings (SSSR count). The van der Waals surface area contributed by atoms with E-state index in [0.29, 0.717) is 22.1 Å². The number of hydrogen-bond acceptors (Lipinski definition) is 17. The second-order valence-corrected chi connectivity index (χ2v) is 13.0. The zero-order valence-electron chi connectivity index (χ0n) is 18.5. The van der Waals surface area contributed by atoms with Crippen LogP contribution in [0.3, 0.4) is 0 Å². The highest BCUT2D eigenvalue weighted by atomic mass is 32.2. The summed E-state index contributed by atoms with van der Waals surface area (Å²) in [5, 5.41) is 11.0. The summed E-state index contributed by atoms with van der Waals surface area (Å²) in [5.74, 6) is 0.845. The fraction of sp³-hybridized carbons (Fsp3) is 0.533. The maximum absolute atomic E-state index is 10.5. The van der Waals surface area contributed by atoms with Crippen molar-refractivity contribution in [2.45, 2.75) is 42.9 Å². The molecule has 0 aromatic carbocycles. The summed E-state index contributed by atoms with van der Waals surface area (Å²) in [6.45, 7) is 2.99. The molecule has 0 bridgehead atoms. The highest BCUT2D eigenvalue weighted by molar-refractivity contribution is 7.99. The number of allylic oxidation sites excluding steroid dienone is 1. The second kappa shape index (κ2) is 12.0. The minimum Gasteiger partial charge on any atom is -0.390 e. The van der Waals surface area contributed by atoms with Crippen LogP contribution in [-0.2, 0) is 17.9 Å². The van der Waals surface area contributed by atoms with Crippen LogP contribution in [0.2, 0.25) is 0 Å². The zero-order valence-corrected chi connectivity index (χ0v) is 22.0. The molecule has 2 aromatic rings. The van der Waals surface area contributed by atoms with Crippen LogP contribution in [0.5, 0.6) is 0 Å². The second-order valence-electron chi connectivity index (χ2n) is 7.36. The Morgan fingerprint density at radius 3 is 2.56 bits per heavy atom. The van der Waals surface area contributed by atoms with Crippen LogP contribution < -0.4 is 5.73 Å². The molecule has 1 aliphatic rings. The van der Waals surface area contributed by atoms with E-state index in [1.807, 2.05) is 0 Å². The van der Waals surface area contributed by atoms with Crippen molar-refractivity contribution in [2.24, 2.45) is 0 Å². The maximum atomic E-state index is 10.5. The molecule has 1 fully saturated rings. The molecule has 21 heteroatoms. The van der Waals surface area contributed by atoms with Crippen LogP contribution in [0, 0.1) is 0 Å². The van der Waals surface area contributed by atoms with Gasteiger partial charge in [-0.15, -0.1) is 11.1 Å². The Balaban J connectivity index is 1.71. The number of imidazole rings is 1. The molecule has 0 aliphatic carbocycles. The van der Waals surface area contributed by atoms with E-state index in [9.17, 15) is 24.7 Å². The molecular formula is C15H27N5O12P3S+3. The van der Waals surface area contributed by atoms with E-state index in [1.54, 1.807) is 10.6 Å². The van der Waals surface area contributed by atoms with Crippen LogP contribution in [0.25, 0.3) is 11.2 Å². The van der Waals surface area contributed by atoms with Crippen molar-refractivity contribution < 1.29 is 57.2 Å². The molecule has 202 valence electrons. The molecule has 0 radical (unpaired) electrons. The molecular weight excluding hydrogens is 567 g/mol. The first-order chi connectivity index (χ1) is 16.7. The normalized spacial score (nSPS) is 21.4. The molecule has 17 nitrogen and oxygen atoms in total.